The Balaban J connectivity index is 2.02. The molecule has 1 heterocycles. The number of nitrogens with one attached hydrogen (secondary N) is 1. The van der Waals surface area contributed by atoms with Gasteiger partial charge in [0.15, 0.2) is 0 Å². The first-order valence-corrected chi connectivity index (χ1v) is 9.62. The molecule has 140 valence electrons. The Morgan fingerprint density at radius 2 is 1.68 bits per heavy atom. The molecule has 1 fully saturated rings. The molecule has 0 spiro atoms. The lowest BCUT2D eigenvalue weighted by Crippen LogP contribution is -2.56. The van der Waals surface area contributed by atoms with Gasteiger partial charge in [0.1, 0.15) is 5.60 Å². The van der Waals surface area contributed by atoms with Crippen molar-refractivity contribution in [3.63, 3.8) is 0 Å². The van der Waals surface area contributed by atoms with E-state index in [-0.39, 0.29) is 18.2 Å². The van der Waals surface area contributed by atoms with E-state index in [2.05, 4.69) is 43.4 Å². The summed E-state index contributed by atoms with van der Waals surface area (Å²) < 4.78 is 5.67. The molecule has 0 radical (unpaired) electrons. The highest BCUT2D eigenvalue weighted by Gasteiger charge is 2.38. The second-order valence-electron chi connectivity index (χ2n) is 8.05. The van der Waals surface area contributed by atoms with E-state index in [9.17, 15) is 4.79 Å². The fraction of sp³-hybridized carbons (Fsp3) is 0.667. The fourth-order valence-corrected chi connectivity index (χ4v) is 3.64. The first-order chi connectivity index (χ1) is 11.8. The molecule has 0 saturated carbocycles. The molecule has 0 aliphatic carbocycles. The van der Waals surface area contributed by atoms with Crippen molar-refractivity contribution in [2.75, 3.05) is 0 Å². The van der Waals surface area contributed by atoms with Crippen molar-refractivity contribution in [1.82, 2.24) is 10.2 Å². The molecule has 1 aromatic carbocycles. The topological polar surface area (TPSA) is 41.6 Å². The zero-order valence-corrected chi connectivity index (χ0v) is 16.4. The lowest BCUT2D eigenvalue weighted by molar-refractivity contribution is -0.0112. The van der Waals surface area contributed by atoms with E-state index in [1.807, 2.05) is 31.7 Å². The van der Waals surface area contributed by atoms with Crippen molar-refractivity contribution in [2.45, 2.75) is 90.6 Å². The molecular weight excluding hydrogens is 312 g/mol. The molecule has 1 aliphatic heterocycles. The van der Waals surface area contributed by atoms with Gasteiger partial charge in [0, 0.05) is 24.7 Å². The number of ether oxygens (including phenoxy) is 1. The van der Waals surface area contributed by atoms with Gasteiger partial charge in [-0.25, -0.2) is 4.79 Å². The van der Waals surface area contributed by atoms with E-state index >= 15 is 0 Å². The summed E-state index contributed by atoms with van der Waals surface area (Å²) in [5.74, 6) is 0. The second-order valence-corrected chi connectivity index (χ2v) is 8.05. The number of benzene rings is 1. The molecule has 1 N–H and O–H groups in total. The zero-order chi connectivity index (χ0) is 18.4. The maximum Gasteiger partial charge on any atom is 0.410 e. The number of carbonyl (C=O) groups excluding carboxylic acids is 1. The average molecular weight is 347 g/mol. The normalized spacial score (nSPS) is 24.2. The predicted octanol–water partition coefficient (Wildman–Crippen LogP) is 4.73. The predicted molar refractivity (Wildman–Crippen MR) is 103 cm³/mol. The molecule has 4 nitrogen and oxygen atoms in total. The quantitative estimate of drug-likeness (QED) is 0.838. The SMILES string of the molecule is CC[C@@H]1C[C@H](NCc2ccccc2)C[C@H](CC)N1C(=O)OC(C)(C)C. The number of piperidine rings is 1. The average Bonchev–Trinajstić information content (AvgIpc) is 2.58. The third-order valence-corrected chi connectivity index (χ3v) is 4.88. The van der Waals surface area contributed by atoms with Gasteiger partial charge in [0.2, 0.25) is 0 Å². The van der Waals surface area contributed by atoms with Gasteiger partial charge in [-0.2, -0.15) is 0 Å². The third-order valence-electron chi connectivity index (χ3n) is 4.88. The van der Waals surface area contributed by atoms with Crippen LogP contribution in [0.4, 0.5) is 4.79 Å². The number of amides is 1. The van der Waals surface area contributed by atoms with Crippen LogP contribution in [-0.2, 0) is 11.3 Å². The van der Waals surface area contributed by atoms with Crippen molar-refractivity contribution in [3.8, 4) is 0 Å². The van der Waals surface area contributed by atoms with Crippen molar-refractivity contribution < 1.29 is 9.53 Å². The lowest BCUT2D eigenvalue weighted by atomic mass is 9.88. The minimum atomic E-state index is -0.448. The van der Waals surface area contributed by atoms with Crippen LogP contribution in [0, 0.1) is 0 Å². The van der Waals surface area contributed by atoms with Gasteiger partial charge >= 0.3 is 6.09 Å². The largest absolute Gasteiger partial charge is 0.444 e. The van der Waals surface area contributed by atoms with E-state index in [1.54, 1.807) is 0 Å². The lowest BCUT2D eigenvalue weighted by Gasteiger charge is -2.45. The first kappa shape index (κ1) is 19.8. The van der Waals surface area contributed by atoms with Crippen LogP contribution in [0.3, 0.4) is 0 Å². The van der Waals surface area contributed by atoms with Crippen LogP contribution in [0.1, 0.15) is 65.9 Å². The van der Waals surface area contributed by atoms with Crippen LogP contribution >= 0.6 is 0 Å². The number of likely N-dealkylation sites (tertiary alicyclic amines) is 1. The van der Waals surface area contributed by atoms with Gasteiger partial charge in [-0.1, -0.05) is 44.2 Å². The standard InChI is InChI=1S/C21H34N2O2/c1-6-18-13-17(22-15-16-11-9-8-10-12-16)14-19(7-2)23(18)20(24)25-21(3,4)5/h8-12,17-19,22H,6-7,13-15H2,1-5H3/t17-,18+,19-. The Morgan fingerprint density at radius 1 is 1.12 bits per heavy atom. The molecule has 2 rings (SSSR count). The molecule has 0 aromatic heterocycles. The Bertz CT molecular complexity index is 525. The Kier molecular flexibility index (Phi) is 6.88. The minimum absolute atomic E-state index is 0.160. The molecule has 3 atom stereocenters. The summed E-state index contributed by atoms with van der Waals surface area (Å²) in [6, 6.07) is 11.4. The van der Waals surface area contributed by atoms with Crippen LogP contribution in [0.25, 0.3) is 0 Å². The van der Waals surface area contributed by atoms with Gasteiger partial charge < -0.3 is 15.0 Å². The van der Waals surface area contributed by atoms with Crippen molar-refractivity contribution in [3.05, 3.63) is 35.9 Å². The van der Waals surface area contributed by atoms with Crippen LogP contribution < -0.4 is 5.32 Å². The minimum Gasteiger partial charge on any atom is -0.444 e. The number of hydrogen-bond donors (Lipinski definition) is 1. The van der Waals surface area contributed by atoms with Gasteiger partial charge in [-0.3, -0.25) is 0 Å². The Hall–Kier alpha value is -1.55. The Morgan fingerprint density at radius 3 is 2.16 bits per heavy atom. The summed E-state index contributed by atoms with van der Waals surface area (Å²) in [7, 11) is 0. The summed E-state index contributed by atoms with van der Waals surface area (Å²) in [5, 5.41) is 3.70. The Labute approximate surface area is 152 Å². The highest BCUT2D eigenvalue weighted by molar-refractivity contribution is 5.69. The van der Waals surface area contributed by atoms with Crippen molar-refractivity contribution in [2.24, 2.45) is 0 Å². The van der Waals surface area contributed by atoms with E-state index < -0.39 is 5.60 Å². The molecule has 1 amide bonds. The van der Waals surface area contributed by atoms with Gasteiger partial charge in [0.05, 0.1) is 0 Å². The molecule has 25 heavy (non-hydrogen) atoms. The summed E-state index contributed by atoms with van der Waals surface area (Å²) in [6.07, 6.45) is 3.73. The summed E-state index contributed by atoms with van der Waals surface area (Å²) in [6.45, 7) is 11.0. The number of carbonyl (C=O) groups is 1. The van der Waals surface area contributed by atoms with Crippen molar-refractivity contribution >= 4 is 6.09 Å². The van der Waals surface area contributed by atoms with E-state index in [1.165, 1.54) is 5.56 Å². The molecule has 1 saturated heterocycles. The van der Waals surface area contributed by atoms with Crippen LogP contribution in [-0.4, -0.2) is 34.7 Å². The second kappa shape index (κ2) is 8.70. The van der Waals surface area contributed by atoms with Crippen LogP contribution in [0.5, 0.6) is 0 Å². The highest BCUT2D eigenvalue weighted by atomic mass is 16.6. The van der Waals surface area contributed by atoms with Gasteiger partial charge in [0.25, 0.3) is 0 Å². The number of hydrogen-bond acceptors (Lipinski definition) is 3. The third kappa shape index (κ3) is 5.74. The maximum absolute atomic E-state index is 12.7. The van der Waals surface area contributed by atoms with Crippen LogP contribution in [0.2, 0.25) is 0 Å². The highest BCUT2D eigenvalue weighted by Crippen LogP contribution is 2.29. The molecule has 0 bridgehead atoms. The molecule has 4 heteroatoms. The van der Waals surface area contributed by atoms with E-state index in [4.69, 9.17) is 4.74 Å². The number of rotatable bonds is 5. The summed E-state index contributed by atoms with van der Waals surface area (Å²) in [4.78, 5) is 14.7. The molecular formula is C21H34N2O2. The zero-order valence-electron chi connectivity index (χ0n) is 16.4. The maximum atomic E-state index is 12.7. The molecule has 1 aromatic rings. The van der Waals surface area contributed by atoms with E-state index in [0.717, 1.165) is 32.2 Å². The van der Waals surface area contributed by atoms with Crippen LogP contribution in [0.15, 0.2) is 30.3 Å². The smallest absolute Gasteiger partial charge is 0.410 e. The molecule has 1 aliphatic rings. The fourth-order valence-electron chi connectivity index (χ4n) is 3.64. The van der Waals surface area contributed by atoms with Gasteiger partial charge in [-0.15, -0.1) is 0 Å². The summed E-state index contributed by atoms with van der Waals surface area (Å²) in [5.41, 5.74) is 0.856. The monoisotopic (exact) mass is 346 g/mol. The van der Waals surface area contributed by atoms with Gasteiger partial charge in [-0.05, 0) is 52.0 Å². The van der Waals surface area contributed by atoms with Crippen molar-refractivity contribution in [1.29, 1.82) is 0 Å². The first-order valence-electron chi connectivity index (χ1n) is 9.62. The number of nitrogens with zero attached hydrogens (tertiary/aromatic N) is 1. The molecule has 0 unspecified atom stereocenters. The summed E-state index contributed by atoms with van der Waals surface area (Å²) >= 11 is 0. The van der Waals surface area contributed by atoms with E-state index in [0.29, 0.717) is 6.04 Å².